The Bertz CT molecular complexity index is 10000. The van der Waals surface area contributed by atoms with Crippen LogP contribution in [0.5, 0.6) is 0 Å². The Morgan fingerprint density at radius 3 is 0.847 bits per heavy atom. The smallest absolute Gasteiger partial charge is 0.136 e. The molecule has 4 aromatic heterocycles. The Morgan fingerprint density at radius 1 is 0.145 bits per heavy atom. The second-order valence-electron chi connectivity index (χ2n) is 35.4. The highest BCUT2D eigenvalue weighted by Gasteiger charge is 2.30. The highest BCUT2D eigenvalue weighted by molar-refractivity contribution is 6.48. The first-order valence-electron chi connectivity index (χ1n) is 45.4. The fraction of sp³-hybridized carbons (Fsp3) is 0. The monoisotopic (exact) mass is 1660 g/mol. The molecule has 0 aliphatic heterocycles. The lowest BCUT2D eigenvalue weighted by molar-refractivity contribution is 0.669. The largest absolute Gasteiger partial charge is 0.456 e. The van der Waals surface area contributed by atoms with E-state index in [2.05, 4.69) is 461 Å². The van der Waals surface area contributed by atoms with Gasteiger partial charge in [0.25, 0.3) is 0 Å². The predicted octanol–water partition coefficient (Wildman–Crippen LogP) is 35.2. The number of nitrogens with zero attached hydrogens (tertiary/aromatic N) is 4. The summed E-state index contributed by atoms with van der Waals surface area (Å²) in [6, 6.07) is 164. The zero-order chi connectivity index (χ0) is 85.4. The Labute approximate surface area is 750 Å². The number of anilines is 3. The molecule has 0 radical (unpaired) electrons. The molecule has 0 amide bonds. The van der Waals surface area contributed by atoms with Crippen LogP contribution in [-0.4, -0.2) is 13.7 Å². The maximum Gasteiger partial charge on any atom is 0.136 e. The van der Waals surface area contributed by atoms with E-state index >= 15 is 0 Å². The standard InChI is InChI=1S/C42H26N2.C42H23NO.C42H25N/c1-3-11-27(12-4-1)43(28-13-5-2-6-14-28)29-21-23-30(24-22-29)44-37-20-10-19-35-34-18-9-17-33-31-15-7-8-16-32(31)36-25-26-38(44)42(40(35)37)41(36)39(33)34;1-2-12-28-27(11-1)29-15-6-16-30-31-17-7-18-34-40(31)42-35(22-21-32(28)41(42)39(29)30)43(34)25-10-5-9-24(23-25)26-14-8-20-37-38(26)33-13-3-4-19-36(33)44-37;1-2-11-26(12-3-1)29-15-4-5-16-30(29)27-13-8-14-28(25-27)43-37-22-10-21-35-34-20-9-19-33-31-17-6-7-18-32(31)36-23-24-38(43)42(40(35)37)41(36)39(33)34/h1-26H;1-23H;1-25H. The van der Waals surface area contributed by atoms with Crippen molar-refractivity contribution in [2.45, 2.75) is 0 Å². The van der Waals surface area contributed by atoms with E-state index in [1.165, 1.54) is 239 Å². The molecule has 4 heterocycles. The van der Waals surface area contributed by atoms with Crippen molar-refractivity contribution in [1.82, 2.24) is 13.7 Å². The van der Waals surface area contributed by atoms with Crippen molar-refractivity contribution in [3.63, 3.8) is 0 Å². The number of para-hydroxylation sites is 3. The molecule has 5 heteroatoms. The van der Waals surface area contributed by atoms with Crippen LogP contribution in [0.1, 0.15) is 0 Å². The van der Waals surface area contributed by atoms with Crippen molar-refractivity contribution < 1.29 is 4.42 Å². The lowest BCUT2D eigenvalue weighted by atomic mass is 9.86. The normalized spacial score (nSPS) is 12.3. The van der Waals surface area contributed by atoms with Crippen LogP contribution in [0.25, 0.3) is 267 Å². The van der Waals surface area contributed by atoms with Crippen LogP contribution in [0.15, 0.2) is 453 Å². The van der Waals surface area contributed by atoms with Crippen LogP contribution < -0.4 is 4.90 Å². The summed E-state index contributed by atoms with van der Waals surface area (Å²) in [5.74, 6) is 0. The van der Waals surface area contributed by atoms with Gasteiger partial charge in [0.05, 0.1) is 33.1 Å². The van der Waals surface area contributed by atoms with Gasteiger partial charge in [-0.05, 0) is 268 Å². The minimum absolute atomic E-state index is 0.918. The van der Waals surface area contributed by atoms with Crippen LogP contribution in [0.2, 0.25) is 0 Å². The third kappa shape index (κ3) is 10.1. The maximum atomic E-state index is 6.24. The van der Waals surface area contributed by atoms with Crippen molar-refractivity contribution in [2.75, 3.05) is 4.90 Å². The minimum atomic E-state index is 0.918. The van der Waals surface area contributed by atoms with Gasteiger partial charge in [0.2, 0.25) is 0 Å². The van der Waals surface area contributed by atoms with E-state index < -0.39 is 0 Å². The molecule has 0 saturated carbocycles. The van der Waals surface area contributed by atoms with Gasteiger partial charge in [-0.3, -0.25) is 0 Å². The summed E-state index contributed by atoms with van der Waals surface area (Å²) in [5.41, 5.74) is 23.5. The summed E-state index contributed by atoms with van der Waals surface area (Å²) >= 11 is 0. The molecule has 0 atom stereocenters. The molecule has 0 spiro atoms. The van der Waals surface area contributed by atoms with Crippen LogP contribution in [0, 0.1) is 0 Å². The molecule has 0 N–H and O–H groups in total. The van der Waals surface area contributed by atoms with Crippen molar-refractivity contribution in [2.24, 2.45) is 0 Å². The molecule has 27 aromatic carbocycles. The van der Waals surface area contributed by atoms with Gasteiger partial charge in [0, 0.05) is 93.4 Å². The molecule has 0 unspecified atom stereocenters. The van der Waals surface area contributed by atoms with Crippen LogP contribution in [0.3, 0.4) is 0 Å². The van der Waals surface area contributed by atoms with Crippen molar-refractivity contribution in [3.8, 4) is 50.4 Å². The van der Waals surface area contributed by atoms with Gasteiger partial charge in [-0.2, -0.15) is 0 Å². The zero-order valence-electron chi connectivity index (χ0n) is 70.9. The highest BCUT2D eigenvalue weighted by Crippen LogP contribution is 2.55. The fourth-order valence-corrected chi connectivity index (χ4v) is 23.7. The second kappa shape index (κ2) is 27.6. The van der Waals surface area contributed by atoms with E-state index in [0.717, 1.165) is 45.0 Å². The first kappa shape index (κ1) is 71.9. The first-order valence-corrected chi connectivity index (χ1v) is 45.4. The minimum Gasteiger partial charge on any atom is -0.456 e. The van der Waals surface area contributed by atoms with Crippen LogP contribution in [-0.2, 0) is 0 Å². The molecular formula is C126H74N4O. The molecule has 0 aliphatic rings. The fourth-order valence-electron chi connectivity index (χ4n) is 23.7. The second-order valence-corrected chi connectivity index (χ2v) is 35.4. The quantitative estimate of drug-likeness (QED) is 0.107. The Kier molecular flexibility index (Phi) is 15.1. The highest BCUT2D eigenvalue weighted by atomic mass is 16.3. The van der Waals surface area contributed by atoms with E-state index in [4.69, 9.17) is 4.42 Å². The summed E-state index contributed by atoms with van der Waals surface area (Å²) in [6.07, 6.45) is 0. The third-order valence-electron chi connectivity index (χ3n) is 28.8. The van der Waals surface area contributed by atoms with E-state index in [1.807, 2.05) is 6.07 Å². The number of aromatic nitrogens is 3. The Hall–Kier alpha value is -17.4. The van der Waals surface area contributed by atoms with E-state index in [1.54, 1.807) is 0 Å². The van der Waals surface area contributed by atoms with Gasteiger partial charge < -0.3 is 23.0 Å². The number of rotatable bonds is 9. The number of fused-ring (bicyclic) bond motifs is 15. The molecule has 31 rings (SSSR count). The average molecular weight is 1660 g/mol. The van der Waals surface area contributed by atoms with Gasteiger partial charge in [-0.15, -0.1) is 0 Å². The third-order valence-corrected chi connectivity index (χ3v) is 28.8. The molecule has 0 fully saturated rings. The van der Waals surface area contributed by atoms with Gasteiger partial charge >= 0.3 is 0 Å². The van der Waals surface area contributed by atoms with E-state index in [9.17, 15) is 0 Å². The van der Waals surface area contributed by atoms with Gasteiger partial charge in [-0.25, -0.2) is 0 Å². The molecule has 5 nitrogen and oxygen atoms in total. The number of furan rings is 1. The van der Waals surface area contributed by atoms with Gasteiger partial charge in [0.15, 0.2) is 0 Å². The van der Waals surface area contributed by atoms with Crippen molar-refractivity contribution >= 4 is 234 Å². The Balaban J connectivity index is 0.0000000965. The molecule has 31 aromatic rings. The topological polar surface area (TPSA) is 31.2 Å². The molecule has 0 bridgehead atoms. The van der Waals surface area contributed by atoms with Gasteiger partial charge in [0.1, 0.15) is 11.2 Å². The lowest BCUT2D eigenvalue weighted by Gasteiger charge is -2.25. The molecule has 604 valence electrons. The van der Waals surface area contributed by atoms with E-state index in [0.29, 0.717) is 0 Å². The van der Waals surface area contributed by atoms with E-state index in [-0.39, 0.29) is 0 Å². The molecule has 131 heavy (non-hydrogen) atoms. The first-order chi connectivity index (χ1) is 65.1. The predicted molar refractivity (Wildman–Crippen MR) is 558 cm³/mol. The summed E-state index contributed by atoms with van der Waals surface area (Å²) in [4.78, 5) is 2.31. The van der Waals surface area contributed by atoms with Crippen molar-refractivity contribution in [1.29, 1.82) is 0 Å². The summed E-state index contributed by atoms with van der Waals surface area (Å²) in [5, 5.41) is 42.6. The molecule has 0 saturated heterocycles. The number of hydrogen-bond acceptors (Lipinski definition) is 2. The molecular weight excluding hydrogens is 1590 g/mol. The summed E-state index contributed by atoms with van der Waals surface area (Å²) < 4.78 is 13.7. The molecule has 0 aliphatic carbocycles. The number of benzene rings is 27. The van der Waals surface area contributed by atoms with Gasteiger partial charge in [-0.1, -0.05) is 328 Å². The SMILES string of the molecule is c1cc(-c2cccc3oc4ccccc4c23)cc(-n2c3cccc4c5cccc6c7ccccc7c7ccc2c(c7c65)c43)c1.c1ccc(-c2ccccc2-c2cccc(-n3c4cccc5c6cccc7c8ccccc8c8ccc3c(c8c76)c54)c2)cc1.c1ccc(N(c2ccccc2)c2ccc(-n3c4cccc5c6cccc7c8ccccc8c8ccc3c(c8c76)c54)cc2)cc1. The summed E-state index contributed by atoms with van der Waals surface area (Å²) in [6.45, 7) is 0. The number of hydrogen-bond donors (Lipinski definition) is 0. The Morgan fingerprint density at radius 2 is 0.420 bits per heavy atom. The lowest BCUT2D eigenvalue weighted by Crippen LogP contribution is -2.09. The maximum absolute atomic E-state index is 6.24. The zero-order valence-corrected chi connectivity index (χ0v) is 70.9. The van der Waals surface area contributed by atoms with Crippen LogP contribution in [0.4, 0.5) is 17.1 Å². The van der Waals surface area contributed by atoms with Crippen LogP contribution >= 0.6 is 0 Å². The van der Waals surface area contributed by atoms with Crippen molar-refractivity contribution in [3.05, 3.63) is 449 Å². The average Bonchev–Trinajstić information content (AvgIpc) is 1.49. The summed E-state index contributed by atoms with van der Waals surface area (Å²) in [7, 11) is 0.